The highest BCUT2D eigenvalue weighted by Crippen LogP contribution is 2.19. The summed E-state index contributed by atoms with van der Waals surface area (Å²) in [6.07, 6.45) is -1.02. The van der Waals surface area contributed by atoms with Gasteiger partial charge in [-0.05, 0) is 42.8 Å². The number of nitrogen functional groups attached to an aromatic ring is 1. The van der Waals surface area contributed by atoms with Gasteiger partial charge in [-0.3, -0.25) is 9.69 Å². The molecule has 0 atom stereocenters. The molecule has 2 aromatic carbocycles. The second-order valence-electron chi connectivity index (χ2n) is 6.04. The molecule has 0 radical (unpaired) electrons. The first-order valence-electron chi connectivity index (χ1n) is 8.51. The zero-order valence-corrected chi connectivity index (χ0v) is 14.9. The van der Waals surface area contributed by atoms with Crippen LogP contribution in [0.25, 0.3) is 11.3 Å². The van der Waals surface area contributed by atoms with Crippen LogP contribution in [0.1, 0.15) is 12.5 Å². The highest BCUT2D eigenvalue weighted by molar-refractivity contribution is 5.85. The van der Waals surface area contributed by atoms with E-state index < -0.39 is 6.09 Å². The van der Waals surface area contributed by atoms with Crippen LogP contribution in [0.15, 0.2) is 65.5 Å². The molecule has 3 aromatic rings. The Bertz CT molecular complexity index is 1030. The molecule has 0 fully saturated rings. The minimum atomic E-state index is -1.02. The lowest BCUT2D eigenvalue weighted by atomic mass is 10.1. The van der Waals surface area contributed by atoms with E-state index in [-0.39, 0.29) is 12.1 Å². The number of carboxylic acid groups (broad SMARTS) is 1. The first kappa shape index (κ1) is 18.2. The fourth-order valence-corrected chi connectivity index (χ4v) is 2.84. The zero-order chi connectivity index (χ0) is 19.4. The fraction of sp³-hybridized carbons (Fsp3) is 0.150. The molecule has 0 spiro atoms. The van der Waals surface area contributed by atoms with Crippen LogP contribution in [0.4, 0.5) is 16.2 Å². The number of amides is 1. The maximum atomic E-state index is 12.2. The summed E-state index contributed by atoms with van der Waals surface area (Å²) in [6.45, 7) is 2.34. The summed E-state index contributed by atoms with van der Waals surface area (Å²) in [6, 6.07) is 17.5. The summed E-state index contributed by atoms with van der Waals surface area (Å²) in [4.78, 5) is 24.8. The molecule has 3 N–H and O–H groups in total. The third kappa shape index (κ3) is 4.14. The molecule has 1 amide bonds. The van der Waals surface area contributed by atoms with E-state index in [1.54, 1.807) is 43.3 Å². The Hall–Kier alpha value is -3.61. The standard InChI is InChI=1S/C20H20N4O3/c1-2-23(20(26)27)17-8-3-5-14(11-17)13-24-19(25)10-9-18(22-24)15-6-4-7-16(21)12-15/h3-12H,2,13,21H2,1H3,(H,26,27). The SMILES string of the molecule is CCN(C(=O)O)c1cccc(Cn2nc(-c3cccc(N)c3)ccc2=O)c1. The molecule has 0 unspecified atom stereocenters. The summed E-state index contributed by atoms with van der Waals surface area (Å²) in [5.74, 6) is 0. The molecule has 7 heteroatoms. The molecule has 0 bridgehead atoms. The van der Waals surface area contributed by atoms with Gasteiger partial charge >= 0.3 is 6.09 Å². The molecule has 7 nitrogen and oxygen atoms in total. The van der Waals surface area contributed by atoms with E-state index in [0.717, 1.165) is 11.1 Å². The highest BCUT2D eigenvalue weighted by Gasteiger charge is 2.12. The van der Waals surface area contributed by atoms with Gasteiger partial charge in [-0.2, -0.15) is 5.10 Å². The number of benzene rings is 2. The first-order chi connectivity index (χ1) is 13.0. The molecule has 27 heavy (non-hydrogen) atoms. The lowest BCUT2D eigenvalue weighted by molar-refractivity contribution is 0.202. The predicted molar refractivity (Wildman–Crippen MR) is 105 cm³/mol. The lowest BCUT2D eigenvalue weighted by Gasteiger charge is -2.18. The number of anilines is 2. The van der Waals surface area contributed by atoms with E-state index in [1.165, 1.54) is 15.6 Å². The molecular weight excluding hydrogens is 344 g/mol. The van der Waals surface area contributed by atoms with Gasteiger partial charge in [-0.15, -0.1) is 0 Å². The topological polar surface area (TPSA) is 101 Å². The van der Waals surface area contributed by atoms with Crippen LogP contribution in [0.3, 0.4) is 0 Å². The second-order valence-corrected chi connectivity index (χ2v) is 6.04. The van der Waals surface area contributed by atoms with Gasteiger partial charge in [0, 0.05) is 29.5 Å². The van der Waals surface area contributed by atoms with Gasteiger partial charge < -0.3 is 10.8 Å². The van der Waals surface area contributed by atoms with Crippen LogP contribution >= 0.6 is 0 Å². The molecule has 138 valence electrons. The van der Waals surface area contributed by atoms with Gasteiger partial charge in [0.05, 0.1) is 12.2 Å². The third-order valence-electron chi connectivity index (χ3n) is 4.15. The molecular formula is C20H20N4O3. The van der Waals surface area contributed by atoms with Crippen molar-refractivity contribution in [3.05, 3.63) is 76.6 Å². The minimum absolute atomic E-state index is 0.236. The van der Waals surface area contributed by atoms with E-state index in [2.05, 4.69) is 5.10 Å². The van der Waals surface area contributed by atoms with Crippen molar-refractivity contribution in [3.8, 4) is 11.3 Å². The summed E-state index contributed by atoms with van der Waals surface area (Å²) in [5.41, 5.74) is 9.00. The molecule has 0 aliphatic carbocycles. The van der Waals surface area contributed by atoms with Crippen molar-refractivity contribution in [1.29, 1.82) is 0 Å². The number of carbonyl (C=O) groups is 1. The van der Waals surface area contributed by atoms with Crippen molar-refractivity contribution in [2.75, 3.05) is 17.2 Å². The molecule has 0 saturated carbocycles. The fourth-order valence-electron chi connectivity index (χ4n) is 2.84. The van der Waals surface area contributed by atoms with E-state index >= 15 is 0 Å². The summed E-state index contributed by atoms with van der Waals surface area (Å²) >= 11 is 0. The van der Waals surface area contributed by atoms with Crippen molar-refractivity contribution in [2.45, 2.75) is 13.5 Å². The van der Waals surface area contributed by atoms with Crippen LogP contribution < -0.4 is 16.2 Å². The number of nitrogens with two attached hydrogens (primary N) is 1. The maximum absolute atomic E-state index is 12.2. The average Bonchev–Trinajstić information content (AvgIpc) is 2.64. The average molecular weight is 364 g/mol. The summed E-state index contributed by atoms with van der Waals surface area (Å²) in [5, 5.41) is 13.7. The first-order valence-corrected chi connectivity index (χ1v) is 8.51. The Morgan fingerprint density at radius 1 is 1.15 bits per heavy atom. The quantitative estimate of drug-likeness (QED) is 0.678. The number of aromatic nitrogens is 2. The Morgan fingerprint density at radius 2 is 1.93 bits per heavy atom. The molecule has 1 heterocycles. The smallest absolute Gasteiger partial charge is 0.411 e. The Kier molecular flexibility index (Phi) is 5.21. The number of hydrogen-bond donors (Lipinski definition) is 2. The second kappa shape index (κ2) is 7.74. The summed E-state index contributed by atoms with van der Waals surface area (Å²) < 4.78 is 1.36. The van der Waals surface area contributed by atoms with Crippen LogP contribution in [-0.2, 0) is 6.54 Å². The number of rotatable bonds is 5. The minimum Gasteiger partial charge on any atom is -0.465 e. The summed E-state index contributed by atoms with van der Waals surface area (Å²) in [7, 11) is 0. The lowest BCUT2D eigenvalue weighted by Crippen LogP contribution is -2.29. The maximum Gasteiger partial charge on any atom is 0.411 e. The van der Waals surface area contributed by atoms with Crippen LogP contribution in [0.5, 0.6) is 0 Å². The van der Waals surface area contributed by atoms with Gasteiger partial charge in [-0.25, -0.2) is 9.48 Å². The number of hydrogen-bond acceptors (Lipinski definition) is 4. The van der Waals surface area contributed by atoms with E-state index in [4.69, 9.17) is 5.73 Å². The van der Waals surface area contributed by atoms with Crippen LogP contribution in [0, 0.1) is 0 Å². The molecule has 0 saturated heterocycles. The molecule has 0 aliphatic heterocycles. The largest absolute Gasteiger partial charge is 0.465 e. The van der Waals surface area contributed by atoms with Crippen LogP contribution in [0.2, 0.25) is 0 Å². The Morgan fingerprint density at radius 3 is 2.63 bits per heavy atom. The molecule has 1 aromatic heterocycles. The predicted octanol–water partition coefficient (Wildman–Crippen LogP) is 3.05. The van der Waals surface area contributed by atoms with Gasteiger partial charge in [-0.1, -0.05) is 24.3 Å². The van der Waals surface area contributed by atoms with Gasteiger partial charge in [0.2, 0.25) is 0 Å². The Balaban J connectivity index is 1.93. The third-order valence-corrected chi connectivity index (χ3v) is 4.15. The van der Waals surface area contributed by atoms with Gasteiger partial charge in [0.15, 0.2) is 0 Å². The van der Waals surface area contributed by atoms with Crippen molar-refractivity contribution in [2.24, 2.45) is 0 Å². The van der Waals surface area contributed by atoms with Gasteiger partial charge in [0.1, 0.15) is 0 Å². The van der Waals surface area contributed by atoms with Crippen molar-refractivity contribution in [3.63, 3.8) is 0 Å². The molecule has 3 rings (SSSR count). The highest BCUT2D eigenvalue weighted by atomic mass is 16.4. The van der Waals surface area contributed by atoms with Crippen molar-refractivity contribution < 1.29 is 9.90 Å². The van der Waals surface area contributed by atoms with Crippen molar-refractivity contribution >= 4 is 17.5 Å². The van der Waals surface area contributed by atoms with E-state index in [1.807, 2.05) is 18.2 Å². The Labute approximate surface area is 156 Å². The van der Waals surface area contributed by atoms with E-state index in [9.17, 15) is 14.7 Å². The van der Waals surface area contributed by atoms with Crippen molar-refractivity contribution in [1.82, 2.24) is 9.78 Å². The van der Waals surface area contributed by atoms with Crippen LogP contribution in [-0.4, -0.2) is 27.5 Å². The molecule has 0 aliphatic rings. The normalized spacial score (nSPS) is 10.6. The zero-order valence-electron chi connectivity index (χ0n) is 14.9. The monoisotopic (exact) mass is 364 g/mol. The van der Waals surface area contributed by atoms with E-state index in [0.29, 0.717) is 23.6 Å². The van der Waals surface area contributed by atoms with Gasteiger partial charge in [0.25, 0.3) is 5.56 Å². The number of nitrogens with zero attached hydrogens (tertiary/aromatic N) is 3.